The molecule has 0 amide bonds. The van der Waals surface area contributed by atoms with E-state index >= 15 is 0 Å². The number of hydrogen-bond acceptors (Lipinski definition) is 2. The van der Waals surface area contributed by atoms with Gasteiger partial charge in [-0.25, -0.2) is 0 Å². The maximum Gasteiger partial charge on any atom is 0.101 e. The molecule has 0 fully saturated rings. The van der Waals surface area contributed by atoms with E-state index < -0.39 is 6.04 Å². The first-order chi connectivity index (χ1) is 17.3. The molecule has 4 aromatic carbocycles. The van der Waals surface area contributed by atoms with Crippen molar-refractivity contribution < 1.29 is 6.85 Å². The second-order valence-corrected chi connectivity index (χ2v) is 9.31. The minimum Gasteiger partial charge on any atom is -0.302 e. The molecule has 0 atom stereocenters. The molecular formula is C28H20BrNS. The highest BCUT2D eigenvalue weighted by molar-refractivity contribution is 9.11. The van der Waals surface area contributed by atoms with Gasteiger partial charge in [0.25, 0.3) is 0 Å². The molecule has 5 rings (SSSR count). The summed E-state index contributed by atoms with van der Waals surface area (Å²) in [6, 6.07) is 28.6. The van der Waals surface area contributed by atoms with Crippen LogP contribution in [0.1, 0.15) is 6.85 Å². The first-order valence-corrected chi connectivity index (χ1v) is 11.3. The van der Waals surface area contributed by atoms with E-state index in [-0.39, 0.29) is 29.7 Å². The summed E-state index contributed by atoms with van der Waals surface area (Å²) in [6.07, 6.45) is 0. The Morgan fingerprint density at radius 3 is 1.68 bits per heavy atom. The predicted octanol–water partition coefficient (Wildman–Crippen LogP) is 9.31. The van der Waals surface area contributed by atoms with Gasteiger partial charge in [0.15, 0.2) is 0 Å². The van der Waals surface area contributed by atoms with Gasteiger partial charge in [0.2, 0.25) is 0 Å². The van der Waals surface area contributed by atoms with Crippen LogP contribution in [-0.2, 0) is 0 Å². The highest BCUT2D eigenvalue weighted by Crippen LogP contribution is 2.41. The highest BCUT2D eigenvalue weighted by atomic mass is 79.9. The summed E-state index contributed by atoms with van der Waals surface area (Å²) in [7, 11) is 0. The van der Waals surface area contributed by atoms with E-state index in [0.717, 1.165) is 31.3 Å². The van der Waals surface area contributed by atoms with Crippen LogP contribution in [0.2, 0.25) is 0 Å². The first kappa shape index (κ1) is 14.8. The van der Waals surface area contributed by atoms with Crippen molar-refractivity contribution in [1.29, 1.82) is 0 Å². The topological polar surface area (TPSA) is 3.24 Å². The van der Waals surface area contributed by atoms with Crippen LogP contribution in [0.5, 0.6) is 0 Å². The molecule has 150 valence electrons. The largest absolute Gasteiger partial charge is 0.302 e. The molecular weight excluding hydrogens is 462 g/mol. The van der Waals surface area contributed by atoms with Crippen molar-refractivity contribution in [1.82, 2.24) is 0 Å². The van der Waals surface area contributed by atoms with Gasteiger partial charge in [0.05, 0.1) is 10.6 Å². The fraction of sp³-hybridized carbons (Fsp3) is 0. The van der Waals surface area contributed by atoms with Crippen LogP contribution >= 0.6 is 27.3 Å². The highest BCUT2D eigenvalue weighted by Gasteiger charge is 2.15. The molecule has 5 aromatic rings. The number of benzene rings is 4. The van der Waals surface area contributed by atoms with Gasteiger partial charge in [-0.3, -0.25) is 0 Å². The normalized spacial score (nSPS) is 13.0. The number of hydrogen-bond donors (Lipinski definition) is 0. The van der Waals surface area contributed by atoms with E-state index in [1.807, 2.05) is 42.5 Å². The molecule has 0 aliphatic rings. The fourth-order valence-corrected chi connectivity index (χ4v) is 4.84. The molecule has 1 nitrogen and oxygen atoms in total. The predicted molar refractivity (Wildman–Crippen MR) is 138 cm³/mol. The Bertz CT molecular complexity index is 1500. The van der Waals surface area contributed by atoms with Gasteiger partial charge in [-0.15, -0.1) is 11.3 Å². The number of rotatable bonds is 5. The van der Waals surface area contributed by atoms with Crippen LogP contribution in [0, 0.1) is 0 Å². The van der Waals surface area contributed by atoms with Crippen LogP contribution in [0.15, 0.2) is 125 Å². The zero-order chi connectivity index (χ0) is 25.4. The van der Waals surface area contributed by atoms with Crippen molar-refractivity contribution in [2.45, 2.75) is 0 Å². The third kappa shape index (κ3) is 4.34. The van der Waals surface area contributed by atoms with Crippen molar-refractivity contribution in [3.05, 3.63) is 125 Å². The molecule has 0 radical (unpaired) electrons. The Kier molecular flexibility index (Phi) is 4.26. The molecule has 0 N–H and O–H groups in total. The van der Waals surface area contributed by atoms with Crippen molar-refractivity contribution in [2.75, 3.05) is 4.90 Å². The number of halogens is 1. The van der Waals surface area contributed by atoms with Gasteiger partial charge < -0.3 is 4.90 Å². The quantitative estimate of drug-likeness (QED) is 0.239. The van der Waals surface area contributed by atoms with E-state index in [1.54, 1.807) is 23.5 Å². The summed E-state index contributed by atoms with van der Waals surface area (Å²) in [5.74, 6) is 0. The second-order valence-electron chi connectivity index (χ2n) is 6.87. The zero-order valence-electron chi connectivity index (χ0n) is 21.4. The van der Waals surface area contributed by atoms with Gasteiger partial charge in [-0.1, -0.05) is 84.8 Å². The molecule has 0 saturated carbocycles. The number of anilines is 3. The van der Waals surface area contributed by atoms with E-state index in [0.29, 0.717) is 5.56 Å². The van der Waals surface area contributed by atoms with E-state index in [2.05, 4.69) is 57.2 Å². The van der Waals surface area contributed by atoms with Gasteiger partial charge in [-0.05, 0) is 74.6 Å². The smallest absolute Gasteiger partial charge is 0.101 e. The minimum absolute atomic E-state index is 0.199. The lowest BCUT2D eigenvalue weighted by Gasteiger charge is -2.24. The SMILES string of the molecule is [2H]c1c([2H])c([2H])c(-c2ccc(N(c3ccc(-c4ccccc4)cc3)c3ccc(Br)s3)cc2)c([2H])c1[2H]. The summed E-state index contributed by atoms with van der Waals surface area (Å²) in [6.45, 7) is 0. The molecule has 0 aliphatic heterocycles. The average Bonchev–Trinajstić information content (AvgIpc) is 3.34. The molecule has 0 aliphatic carbocycles. The lowest BCUT2D eigenvalue weighted by atomic mass is 10.0. The first-order valence-electron chi connectivity index (χ1n) is 12.2. The molecule has 1 heterocycles. The zero-order valence-corrected chi connectivity index (χ0v) is 18.8. The Morgan fingerprint density at radius 1 is 0.581 bits per heavy atom. The van der Waals surface area contributed by atoms with Gasteiger partial charge in [0, 0.05) is 11.4 Å². The lowest BCUT2D eigenvalue weighted by molar-refractivity contribution is 1.32. The van der Waals surface area contributed by atoms with Crippen molar-refractivity contribution in [3.63, 3.8) is 0 Å². The minimum atomic E-state index is -0.390. The molecule has 0 spiro atoms. The number of thiophene rings is 1. The summed E-state index contributed by atoms with van der Waals surface area (Å²) < 4.78 is 41.4. The van der Waals surface area contributed by atoms with Gasteiger partial charge in [0.1, 0.15) is 5.00 Å². The van der Waals surface area contributed by atoms with Crippen LogP contribution in [0.25, 0.3) is 22.3 Å². The standard InChI is InChI=1S/C28H20BrNS/c29-27-19-20-28(31-27)30(25-15-11-23(12-16-25)21-7-3-1-4-8-21)26-17-13-24(14-18-26)22-9-5-2-6-10-22/h1-20H/i1D,3D,4D,7D,8D. The summed E-state index contributed by atoms with van der Waals surface area (Å²) in [4.78, 5) is 2.13. The maximum absolute atomic E-state index is 8.29. The Balaban J connectivity index is 1.56. The Morgan fingerprint density at radius 2 is 1.13 bits per heavy atom. The van der Waals surface area contributed by atoms with Crippen molar-refractivity contribution in [2.24, 2.45) is 0 Å². The summed E-state index contributed by atoms with van der Waals surface area (Å²) in [5, 5.41) is 1.02. The Labute approximate surface area is 202 Å². The van der Waals surface area contributed by atoms with Crippen LogP contribution < -0.4 is 4.90 Å². The third-order valence-corrected chi connectivity index (χ3v) is 6.54. The van der Waals surface area contributed by atoms with Gasteiger partial charge in [-0.2, -0.15) is 0 Å². The van der Waals surface area contributed by atoms with Crippen LogP contribution in [0.4, 0.5) is 16.4 Å². The average molecular weight is 487 g/mol. The summed E-state index contributed by atoms with van der Waals surface area (Å²) in [5.41, 5.74) is 4.93. The third-order valence-electron chi connectivity index (χ3n) is 4.93. The molecule has 0 unspecified atom stereocenters. The molecule has 3 heteroatoms. The Hall–Kier alpha value is -3.14. The van der Waals surface area contributed by atoms with E-state index in [4.69, 9.17) is 6.85 Å². The number of nitrogens with zero attached hydrogens (tertiary/aromatic N) is 1. The molecule has 31 heavy (non-hydrogen) atoms. The van der Waals surface area contributed by atoms with Crippen LogP contribution in [0.3, 0.4) is 0 Å². The molecule has 0 saturated heterocycles. The van der Waals surface area contributed by atoms with Gasteiger partial charge >= 0.3 is 0 Å². The lowest BCUT2D eigenvalue weighted by Crippen LogP contribution is -2.08. The van der Waals surface area contributed by atoms with Crippen LogP contribution in [-0.4, -0.2) is 0 Å². The van der Waals surface area contributed by atoms with Crippen molar-refractivity contribution >= 4 is 43.6 Å². The van der Waals surface area contributed by atoms with E-state index in [1.165, 1.54) is 0 Å². The van der Waals surface area contributed by atoms with Crippen molar-refractivity contribution in [3.8, 4) is 22.3 Å². The molecule has 1 aromatic heterocycles. The fourth-order valence-electron chi connectivity index (χ4n) is 3.43. The molecule has 0 bridgehead atoms. The summed E-state index contributed by atoms with van der Waals surface area (Å²) >= 11 is 5.17. The monoisotopic (exact) mass is 486 g/mol. The van der Waals surface area contributed by atoms with E-state index in [9.17, 15) is 0 Å². The second kappa shape index (κ2) is 8.93. The maximum atomic E-state index is 8.29.